The average Bonchev–Trinajstić information content (AvgIpc) is 3.20. The number of nitrogens with one attached hydrogen (secondary N) is 1. The minimum absolute atomic E-state index is 0. The van der Waals surface area contributed by atoms with Crippen LogP contribution in [0.4, 0.5) is 0 Å². The number of nitrogens with zero attached hydrogens (tertiary/aromatic N) is 3. The summed E-state index contributed by atoms with van der Waals surface area (Å²) in [6, 6.07) is 14.6. The predicted molar refractivity (Wildman–Crippen MR) is 123 cm³/mol. The van der Waals surface area contributed by atoms with Crippen molar-refractivity contribution in [1.29, 1.82) is 0 Å². The van der Waals surface area contributed by atoms with Crippen LogP contribution < -0.4 is 10.1 Å². The van der Waals surface area contributed by atoms with Gasteiger partial charge in [0.25, 0.3) is 0 Å². The highest BCUT2D eigenvalue weighted by atomic mass is 127. The monoisotopic (exact) mass is 496 g/mol. The number of pyridine rings is 1. The van der Waals surface area contributed by atoms with Gasteiger partial charge in [0.2, 0.25) is 5.88 Å². The molecule has 1 atom stereocenters. The zero-order valence-electron chi connectivity index (χ0n) is 16.5. The first-order chi connectivity index (χ1) is 13.3. The molecule has 1 saturated heterocycles. The van der Waals surface area contributed by atoms with Crippen LogP contribution in [0.1, 0.15) is 23.5 Å². The van der Waals surface area contributed by atoms with Crippen LogP contribution in [-0.2, 0) is 11.3 Å². The lowest BCUT2D eigenvalue weighted by Gasteiger charge is -2.22. The first-order valence-electron chi connectivity index (χ1n) is 9.37. The summed E-state index contributed by atoms with van der Waals surface area (Å²) < 4.78 is 10.5. The van der Waals surface area contributed by atoms with Crippen LogP contribution in [0.15, 0.2) is 53.7 Å². The third-order valence-electron chi connectivity index (χ3n) is 4.76. The fourth-order valence-electron chi connectivity index (χ4n) is 3.29. The Bertz CT molecular complexity index is 725. The van der Waals surface area contributed by atoms with Gasteiger partial charge in [-0.2, -0.15) is 0 Å². The van der Waals surface area contributed by atoms with Crippen molar-refractivity contribution in [2.75, 3.05) is 40.5 Å². The Morgan fingerprint density at radius 3 is 2.71 bits per heavy atom. The smallest absolute Gasteiger partial charge is 0.213 e. The van der Waals surface area contributed by atoms with Crippen LogP contribution in [-0.4, -0.2) is 56.3 Å². The zero-order chi connectivity index (χ0) is 18.9. The minimum atomic E-state index is 0. The van der Waals surface area contributed by atoms with E-state index in [0.717, 1.165) is 31.0 Å². The third kappa shape index (κ3) is 6.34. The highest BCUT2D eigenvalue weighted by molar-refractivity contribution is 14.0. The third-order valence-corrected chi connectivity index (χ3v) is 4.76. The fraction of sp³-hybridized carbons (Fsp3) is 0.429. The Morgan fingerprint density at radius 2 is 2.04 bits per heavy atom. The molecule has 1 fully saturated rings. The summed E-state index contributed by atoms with van der Waals surface area (Å²) >= 11 is 0. The molecule has 0 radical (unpaired) electrons. The van der Waals surface area contributed by atoms with Crippen molar-refractivity contribution >= 4 is 29.9 Å². The number of hydrogen-bond donors (Lipinski definition) is 1. The molecule has 28 heavy (non-hydrogen) atoms. The Balaban J connectivity index is 0.00000280. The van der Waals surface area contributed by atoms with Gasteiger partial charge in [0.1, 0.15) is 6.61 Å². The summed E-state index contributed by atoms with van der Waals surface area (Å²) in [6.07, 6.45) is 2.99. The molecule has 1 aromatic carbocycles. The maximum absolute atomic E-state index is 5.49. The first-order valence-corrected chi connectivity index (χ1v) is 9.37. The maximum atomic E-state index is 5.49. The zero-order valence-corrected chi connectivity index (χ0v) is 18.8. The topological polar surface area (TPSA) is 59.0 Å². The molecule has 0 bridgehead atoms. The van der Waals surface area contributed by atoms with E-state index in [2.05, 4.69) is 50.5 Å². The molecule has 2 aromatic rings. The lowest BCUT2D eigenvalue weighted by molar-refractivity contribution is 0.143. The van der Waals surface area contributed by atoms with Crippen LogP contribution in [0, 0.1) is 0 Å². The van der Waals surface area contributed by atoms with Gasteiger partial charge in [-0.1, -0.05) is 36.4 Å². The van der Waals surface area contributed by atoms with Crippen LogP contribution in [0.2, 0.25) is 0 Å². The highest BCUT2D eigenvalue weighted by Crippen LogP contribution is 2.26. The molecule has 2 heterocycles. The van der Waals surface area contributed by atoms with Gasteiger partial charge < -0.3 is 19.7 Å². The lowest BCUT2D eigenvalue weighted by Crippen LogP contribution is -2.39. The Hall–Kier alpha value is -1.87. The number of ether oxygens (including phenoxy) is 2. The fourth-order valence-corrected chi connectivity index (χ4v) is 3.29. The molecule has 1 aliphatic rings. The summed E-state index contributed by atoms with van der Waals surface area (Å²) in [5.74, 6) is 2.12. The van der Waals surface area contributed by atoms with Gasteiger partial charge in [-0.05, 0) is 17.5 Å². The number of aliphatic imine (C=N–C) groups is 1. The molecule has 1 aromatic heterocycles. The molecule has 0 saturated carbocycles. The van der Waals surface area contributed by atoms with Gasteiger partial charge in [-0.3, -0.25) is 4.99 Å². The molecule has 1 N–H and O–H groups in total. The van der Waals surface area contributed by atoms with E-state index in [4.69, 9.17) is 9.47 Å². The molecule has 6 nitrogen and oxygen atoms in total. The van der Waals surface area contributed by atoms with Gasteiger partial charge in [0, 0.05) is 52.0 Å². The predicted octanol–water partition coefficient (Wildman–Crippen LogP) is 3.29. The van der Waals surface area contributed by atoms with Crippen molar-refractivity contribution in [3.63, 3.8) is 0 Å². The molecule has 7 heteroatoms. The summed E-state index contributed by atoms with van der Waals surface area (Å²) in [7, 11) is 3.49. The summed E-state index contributed by atoms with van der Waals surface area (Å²) in [5.41, 5.74) is 2.50. The van der Waals surface area contributed by atoms with Crippen LogP contribution >= 0.6 is 24.0 Å². The molecular formula is C21H29IN4O2. The number of guanidine groups is 1. The van der Waals surface area contributed by atoms with Gasteiger partial charge in [-0.25, -0.2) is 4.98 Å². The number of halogens is 1. The van der Waals surface area contributed by atoms with Crippen molar-refractivity contribution in [3.05, 3.63) is 59.8 Å². The normalized spacial score (nSPS) is 16.6. The summed E-state index contributed by atoms with van der Waals surface area (Å²) in [6.45, 7) is 3.76. The average molecular weight is 496 g/mol. The molecule has 1 unspecified atom stereocenters. The molecular weight excluding hydrogens is 467 g/mol. The van der Waals surface area contributed by atoms with E-state index >= 15 is 0 Å². The minimum Gasteiger partial charge on any atom is -0.475 e. The van der Waals surface area contributed by atoms with Crippen molar-refractivity contribution in [2.24, 2.45) is 4.99 Å². The molecule has 0 amide bonds. The van der Waals surface area contributed by atoms with Gasteiger partial charge in [-0.15, -0.1) is 24.0 Å². The van der Waals surface area contributed by atoms with E-state index in [1.54, 1.807) is 7.11 Å². The number of hydrogen-bond acceptors (Lipinski definition) is 4. The second kappa shape index (κ2) is 11.9. The summed E-state index contributed by atoms with van der Waals surface area (Å²) in [4.78, 5) is 11.1. The number of benzene rings is 1. The van der Waals surface area contributed by atoms with E-state index in [9.17, 15) is 0 Å². The second-order valence-corrected chi connectivity index (χ2v) is 6.59. The van der Waals surface area contributed by atoms with E-state index < -0.39 is 0 Å². The number of rotatable bonds is 7. The summed E-state index contributed by atoms with van der Waals surface area (Å²) in [5, 5.41) is 3.45. The molecule has 152 valence electrons. The van der Waals surface area contributed by atoms with E-state index in [-0.39, 0.29) is 24.0 Å². The maximum Gasteiger partial charge on any atom is 0.213 e. The second-order valence-electron chi connectivity index (χ2n) is 6.59. The van der Waals surface area contributed by atoms with Crippen molar-refractivity contribution in [1.82, 2.24) is 15.2 Å². The van der Waals surface area contributed by atoms with Gasteiger partial charge >= 0.3 is 0 Å². The first kappa shape index (κ1) is 22.4. The number of methoxy groups -OCH3 is 1. The molecule has 3 rings (SSSR count). The Morgan fingerprint density at radius 1 is 1.21 bits per heavy atom. The SMILES string of the molecule is CN=C(NCc1ccc(OCCOC)nc1)N1CCC(c2ccccc2)C1.I. The largest absolute Gasteiger partial charge is 0.475 e. The number of aromatic nitrogens is 1. The number of likely N-dealkylation sites (tertiary alicyclic amines) is 1. The van der Waals surface area contributed by atoms with E-state index in [1.165, 1.54) is 5.56 Å². The highest BCUT2D eigenvalue weighted by Gasteiger charge is 2.25. The molecule has 0 spiro atoms. The van der Waals surface area contributed by atoms with E-state index in [1.807, 2.05) is 25.4 Å². The molecule has 0 aliphatic carbocycles. The Labute approximate surface area is 184 Å². The van der Waals surface area contributed by atoms with Crippen LogP contribution in [0.3, 0.4) is 0 Å². The quantitative estimate of drug-likeness (QED) is 0.276. The van der Waals surface area contributed by atoms with Crippen molar-refractivity contribution < 1.29 is 9.47 Å². The van der Waals surface area contributed by atoms with Gasteiger partial charge in [0.05, 0.1) is 6.61 Å². The Kier molecular flexibility index (Phi) is 9.49. The molecule has 1 aliphatic heterocycles. The van der Waals surface area contributed by atoms with Gasteiger partial charge in [0.15, 0.2) is 5.96 Å². The standard InChI is InChI=1S/C21H28N4O2.HI/c1-22-21(25-11-10-19(16-25)18-6-4-3-5-7-18)24-15-17-8-9-20(23-14-17)27-13-12-26-2;/h3-9,14,19H,10-13,15-16H2,1-2H3,(H,22,24);1H. The van der Waals surface area contributed by atoms with Crippen molar-refractivity contribution in [2.45, 2.75) is 18.9 Å². The van der Waals surface area contributed by atoms with E-state index in [0.29, 0.717) is 31.6 Å². The lowest BCUT2D eigenvalue weighted by atomic mass is 9.99. The van der Waals surface area contributed by atoms with Crippen LogP contribution in [0.5, 0.6) is 5.88 Å². The van der Waals surface area contributed by atoms with Crippen molar-refractivity contribution in [3.8, 4) is 5.88 Å². The van der Waals surface area contributed by atoms with Crippen LogP contribution in [0.25, 0.3) is 0 Å².